The van der Waals surface area contributed by atoms with Crippen molar-refractivity contribution >= 4 is 5.69 Å². The molecule has 1 aromatic carbocycles. The molecule has 0 unspecified atom stereocenters. The summed E-state index contributed by atoms with van der Waals surface area (Å²) in [6.07, 6.45) is -0.945. The first-order valence-electron chi connectivity index (χ1n) is 6.70. The first kappa shape index (κ1) is 14.2. The zero-order valence-corrected chi connectivity index (χ0v) is 10.8. The molecule has 1 aliphatic heterocycles. The summed E-state index contributed by atoms with van der Waals surface area (Å²) < 4.78 is 38.3. The highest BCUT2D eigenvalue weighted by Gasteiger charge is 2.32. The number of para-hydroxylation sites is 1. The lowest BCUT2D eigenvalue weighted by Crippen LogP contribution is -2.22. The van der Waals surface area contributed by atoms with Crippen LogP contribution in [0.25, 0.3) is 0 Å². The fourth-order valence-corrected chi connectivity index (χ4v) is 2.42. The van der Waals surface area contributed by atoms with E-state index >= 15 is 0 Å². The Morgan fingerprint density at radius 2 is 1.79 bits per heavy atom. The molecule has 1 aliphatic rings. The Balaban J connectivity index is 1.82. The van der Waals surface area contributed by atoms with Gasteiger partial charge in [0, 0.05) is 12.2 Å². The number of nitrogens with one attached hydrogen (secondary N) is 1. The van der Waals surface area contributed by atoms with Crippen molar-refractivity contribution in [3.05, 3.63) is 29.8 Å². The van der Waals surface area contributed by atoms with Crippen LogP contribution >= 0.6 is 0 Å². The van der Waals surface area contributed by atoms with Crippen LogP contribution < -0.4 is 5.32 Å². The maximum absolute atomic E-state index is 12.8. The van der Waals surface area contributed by atoms with Gasteiger partial charge in [0.25, 0.3) is 0 Å². The van der Waals surface area contributed by atoms with Gasteiger partial charge in [-0.2, -0.15) is 13.2 Å². The summed E-state index contributed by atoms with van der Waals surface area (Å²) >= 11 is 0. The first-order chi connectivity index (χ1) is 9.07. The summed E-state index contributed by atoms with van der Waals surface area (Å²) in [6.45, 7) is 3.78. The van der Waals surface area contributed by atoms with Crippen LogP contribution in [0, 0.1) is 0 Å². The van der Waals surface area contributed by atoms with Gasteiger partial charge in [-0.05, 0) is 51.0 Å². The van der Waals surface area contributed by atoms with E-state index in [1.807, 2.05) is 0 Å². The molecule has 0 atom stereocenters. The molecule has 1 N–H and O–H groups in total. The largest absolute Gasteiger partial charge is 0.418 e. The number of benzene rings is 1. The SMILES string of the molecule is FC(F)(F)c1ccccc1NCCCN1CCCC1. The van der Waals surface area contributed by atoms with Crippen LogP contribution in [0.3, 0.4) is 0 Å². The summed E-state index contributed by atoms with van der Waals surface area (Å²) in [5.74, 6) is 0. The molecule has 1 heterocycles. The molecule has 0 saturated carbocycles. The van der Waals surface area contributed by atoms with E-state index in [0.29, 0.717) is 6.54 Å². The zero-order chi connectivity index (χ0) is 13.7. The molecule has 0 amide bonds. The molecule has 106 valence electrons. The van der Waals surface area contributed by atoms with Crippen molar-refractivity contribution in [2.45, 2.75) is 25.4 Å². The lowest BCUT2D eigenvalue weighted by molar-refractivity contribution is -0.136. The second-order valence-electron chi connectivity index (χ2n) is 4.87. The quantitative estimate of drug-likeness (QED) is 0.824. The van der Waals surface area contributed by atoms with E-state index in [2.05, 4.69) is 10.2 Å². The van der Waals surface area contributed by atoms with E-state index in [4.69, 9.17) is 0 Å². The lowest BCUT2D eigenvalue weighted by Gasteiger charge is -2.16. The monoisotopic (exact) mass is 272 g/mol. The van der Waals surface area contributed by atoms with Crippen LogP contribution in [0.1, 0.15) is 24.8 Å². The summed E-state index contributed by atoms with van der Waals surface area (Å²) in [5, 5.41) is 2.90. The molecule has 2 rings (SSSR count). The molecule has 0 spiro atoms. The average Bonchev–Trinajstić information content (AvgIpc) is 2.87. The molecule has 19 heavy (non-hydrogen) atoms. The molecular weight excluding hydrogens is 253 g/mol. The first-order valence-corrected chi connectivity index (χ1v) is 6.70. The number of anilines is 1. The summed E-state index contributed by atoms with van der Waals surface area (Å²) in [4.78, 5) is 2.36. The Labute approximate surface area is 111 Å². The zero-order valence-electron chi connectivity index (χ0n) is 10.8. The summed E-state index contributed by atoms with van der Waals surface area (Å²) in [6, 6.07) is 5.64. The molecule has 1 saturated heterocycles. The smallest absolute Gasteiger partial charge is 0.385 e. The fourth-order valence-electron chi connectivity index (χ4n) is 2.42. The van der Waals surface area contributed by atoms with Crippen molar-refractivity contribution in [1.29, 1.82) is 0 Å². The van der Waals surface area contributed by atoms with E-state index in [9.17, 15) is 13.2 Å². The van der Waals surface area contributed by atoms with Gasteiger partial charge in [0.15, 0.2) is 0 Å². The number of rotatable bonds is 5. The van der Waals surface area contributed by atoms with Gasteiger partial charge < -0.3 is 10.2 Å². The second-order valence-corrected chi connectivity index (χ2v) is 4.87. The Bertz CT molecular complexity index is 398. The molecule has 0 aliphatic carbocycles. The second kappa shape index (κ2) is 6.28. The number of nitrogens with zero attached hydrogens (tertiary/aromatic N) is 1. The molecule has 1 fully saturated rings. The molecule has 0 aromatic heterocycles. The molecule has 0 bridgehead atoms. The predicted molar refractivity (Wildman–Crippen MR) is 70.2 cm³/mol. The molecular formula is C14H19F3N2. The summed E-state index contributed by atoms with van der Waals surface area (Å²) in [5.41, 5.74) is -0.410. The van der Waals surface area contributed by atoms with Crippen molar-refractivity contribution in [3.8, 4) is 0 Å². The number of hydrogen-bond donors (Lipinski definition) is 1. The van der Waals surface area contributed by atoms with Crippen molar-refractivity contribution in [1.82, 2.24) is 4.90 Å². The van der Waals surface area contributed by atoms with Gasteiger partial charge in [0.2, 0.25) is 0 Å². The van der Waals surface area contributed by atoms with E-state index in [1.165, 1.54) is 25.0 Å². The van der Waals surface area contributed by atoms with Crippen LogP contribution in [0.5, 0.6) is 0 Å². The van der Waals surface area contributed by atoms with Crippen LogP contribution in [0.4, 0.5) is 18.9 Å². The molecule has 1 aromatic rings. The third-order valence-electron chi connectivity index (χ3n) is 3.40. The number of likely N-dealkylation sites (tertiary alicyclic amines) is 1. The topological polar surface area (TPSA) is 15.3 Å². The van der Waals surface area contributed by atoms with Crippen LogP contribution in [-0.4, -0.2) is 31.1 Å². The number of halogens is 3. The van der Waals surface area contributed by atoms with Gasteiger partial charge in [0.05, 0.1) is 5.56 Å². The van der Waals surface area contributed by atoms with Gasteiger partial charge in [0.1, 0.15) is 0 Å². The molecule has 0 radical (unpaired) electrons. The minimum absolute atomic E-state index is 0.177. The predicted octanol–water partition coefficient (Wildman–Crippen LogP) is 3.60. The van der Waals surface area contributed by atoms with Crippen LogP contribution in [-0.2, 0) is 6.18 Å². The van der Waals surface area contributed by atoms with Crippen LogP contribution in [0.2, 0.25) is 0 Å². The van der Waals surface area contributed by atoms with Gasteiger partial charge in [-0.15, -0.1) is 0 Å². The number of alkyl halides is 3. The third kappa shape index (κ3) is 4.13. The van der Waals surface area contributed by atoms with E-state index in [-0.39, 0.29) is 5.69 Å². The third-order valence-corrected chi connectivity index (χ3v) is 3.40. The van der Waals surface area contributed by atoms with Gasteiger partial charge >= 0.3 is 6.18 Å². The number of hydrogen-bond acceptors (Lipinski definition) is 2. The van der Waals surface area contributed by atoms with E-state index < -0.39 is 11.7 Å². The van der Waals surface area contributed by atoms with Crippen LogP contribution in [0.15, 0.2) is 24.3 Å². The maximum atomic E-state index is 12.8. The molecule has 5 heteroatoms. The highest BCUT2D eigenvalue weighted by atomic mass is 19.4. The molecule has 2 nitrogen and oxygen atoms in total. The van der Waals surface area contributed by atoms with E-state index in [0.717, 1.165) is 32.1 Å². The Hall–Kier alpha value is -1.23. The Morgan fingerprint density at radius 3 is 2.47 bits per heavy atom. The van der Waals surface area contributed by atoms with Gasteiger partial charge in [-0.1, -0.05) is 12.1 Å². The van der Waals surface area contributed by atoms with E-state index in [1.54, 1.807) is 6.07 Å². The highest BCUT2D eigenvalue weighted by molar-refractivity contribution is 5.52. The lowest BCUT2D eigenvalue weighted by atomic mass is 10.1. The Kier molecular flexibility index (Phi) is 4.69. The summed E-state index contributed by atoms with van der Waals surface area (Å²) in [7, 11) is 0. The minimum Gasteiger partial charge on any atom is -0.385 e. The van der Waals surface area contributed by atoms with Crippen molar-refractivity contribution in [2.24, 2.45) is 0 Å². The van der Waals surface area contributed by atoms with Gasteiger partial charge in [-0.25, -0.2) is 0 Å². The minimum atomic E-state index is -4.29. The maximum Gasteiger partial charge on any atom is 0.418 e. The normalized spacial score (nSPS) is 16.8. The van der Waals surface area contributed by atoms with Gasteiger partial charge in [-0.3, -0.25) is 0 Å². The fraction of sp³-hybridized carbons (Fsp3) is 0.571. The van der Waals surface area contributed by atoms with Crippen molar-refractivity contribution in [3.63, 3.8) is 0 Å². The highest BCUT2D eigenvalue weighted by Crippen LogP contribution is 2.34. The average molecular weight is 272 g/mol. The van der Waals surface area contributed by atoms with Crippen molar-refractivity contribution in [2.75, 3.05) is 31.5 Å². The van der Waals surface area contributed by atoms with Crippen molar-refractivity contribution < 1.29 is 13.2 Å². The standard InChI is InChI=1S/C14H19F3N2/c15-14(16,17)12-6-1-2-7-13(12)18-8-5-11-19-9-3-4-10-19/h1-2,6-7,18H,3-5,8-11H2. The Morgan fingerprint density at radius 1 is 1.11 bits per heavy atom.